The zero-order chi connectivity index (χ0) is 17.2. The van der Waals surface area contributed by atoms with Gasteiger partial charge in [-0.25, -0.2) is 4.79 Å². The molecule has 0 heterocycles. The third-order valence-electron chi connectivity index (χ3n) is 2.94. The normalized spacial score (nSPS) is 9.61. The molecule has 0 amide bonds. The molecule has 23 heavy (non-hydrogen) atoms. The summed E-state index contributed by atoms with van der Waals surface area (Å²) in [7, 11) is 5.75. The van der Waals surface area contributed by atoms with Crippen LogP contribution in [0.25, 0.3) is 0 Å². The van der Waals surface area contributed by atoms with Gasteiger partial charge in [-0.3, -0.25) is 0 Å². The van der Waals surface area contributed by atoms with Crippen LogP contribution in [0.1, 0.15) is 35.7 Å². The van der Waals surface area contributed by atoms with Crippen LogP contribution in [0.5, 0.6) is 17.2 Å². The minimum Gasteiger partial charge on any atom is -0.493 e. The molecule has 0 saturated heterocycles. The van der Waals surface area contributed by atoms with E-state index in [1.165, 1.54) is 34.5 Å². The van der Waals surface area contributed by atoms with Gasteiger partial charge < -0.3 is 23.7 Å². The average molecular weight is 322 g/mol. The van der Waals surface area contributed by atoms with Crippen LogP contribution >= 0.6 is 0 Å². The van der Waals surface area contributed by atoms with Gasteiger partial charge in [0.15, 0.2) is 18.3 Å². The van der Waals surface area contributed by atoms with E-state index >= 15 is 0 Å². The van der Waals surface area contributed by atoms with Crippen molar-refractivity contribution in [2.45, 2.75) is 19.8 Å². The van der Waals surface area contributed by atoms with Gasteiger partial charge >= 0.3 is 5.97 Å². The van der Waals surface area contributed by atoms with Gasteiger partial charge in [0, 0.05) is 19.6 Å². The van der Waals surface area contributed by atoms with Gasteiger partial charge in [-0.05, 0) is 6.42 Å². The predicted octanol–water partition coefficient (Wildman–Crippen LogP) is 2.62. The Morgan fingerprint density at radius 3 is 2.39 bits per heavy atom. The van der Waals surface area contributed by atoms with Gasteiger partial charge in [-0.15, -0.1) is 0 Å². The minimum atomic E-state index is -0.527. The van der Waals surface area contributed by atoms with Crippen molar-refractivity contribution in [3.05, 3.63) is 17.2 Å². The molecule has 0 fully saturated rings. The molecular weight excluding hydrogens is 300 g/mol. The molecule has 0 bridgehead atoms. The first-order valence-electron chi connectivity index (χ1n) is 7.12. The summed E-state index contributed by atoms with van der Waals surface area (Å²) < 4.78 is 26.0. The van der Waals surface area contributed by atoms with E-state index in [1.54, 1.807) is 0 Å². The van der Waals surface area contributed by atoms with Crippen LogP contribution in [0, 0.1) is 11.8 Å². The summed E-state index contributed by atoms with van der Waals surface area (Å²) in [5.74, 6) is 6.41. The number of benzene rings is 1. The SMILES string of the molecule is CCCC#Cc1c(C(=O)OC)cc(OC)c(OCOC)c1OC. The quantitative estimate of drug-likeness (QED) is 0.437. The molecule has 0 aliphatic carbocycles. The van der Waals surface area contributed by atoms with Gasteiger partial charge in [-0.1, -0.05) is 18.8 Å². The molecular formula is C17H22O6. The maximum Gasteiger partial charge on any atom is 0.339 e. The van der Waals surface area contributed by atoms with Crippen LogP contribution in [0.3, 0.4) is 0 Å². The highest BCUT2D eigenvalue weighted by atomic mass is 16.7. The average Bonchev–Trinajstić information content (AvgIpc) is 2.58. The highest BCUT2D eigenvalue weighted by Crippen LogP contribution is 2.42. The Balaban J connectivity index is 3.58. The van der Waals surface area contributed by atoms with Crippen molar-refractivity contribution < 1.29 is 28.5 Å². The smallest absolute Gasteiger partial charge is 0.339 e. The molecule has 0 N–H and O–H groups in total. The van der Waals surface area contributed by atoms with Crippen molar-refractivity contribution in [1.82, 2.24) is 0 Å². The Bertz CT molecular complexity index is 597. The number of rotatable bonds is 7. The number of unbranched alkanes of at least 4 members (excludes halogenated alkanes) is 1. The monoisotopic (exact) mass is 322 g/mol. The summed E-state index contributed by atoms with van der Waals surface area (Å²) in [5.41, 5.74) is 0.661. The lowest BCUT2D eigenvalue weighted by atomic mass is 10.0. The van der Waals surface area contributed by atoms with Gasteiger partial charge in [0.1, 0.15) is 0 Å². The molecule has 0 saturated carbocycles. The molecule has 1 rings (SSSR count). The Morgan fingerprint density at radius 1 is 1.13 bits per heavy atom. The van der Waals surface area contributed by atoms with E-state index in [2.05, 4.69) is 11.8 Å². The molecule has 1 aromatic rings. The van der Waals surface area contributed by atoms with Crippen LogP contribution in [0.2, 0.25) is 0 Å². The molecule has 1 aromatic carbocycles. The zero-order valence-corrected chi connectivity index (χ0v) is 14.1. The highest BCUT2D eigenvalue weighted by molar-refractivity contribution is 5.95. The number of carbonyl (C=O) groups excluding carboxylic acids is 1. The third kappa shape index (κ3) is 4.54. The van der Waals surface area contributed by atoms with Crippen LogP contribution < -0.4 is 14.2 Å². The largest absolute Gasteiger partial charge is 0.493 e. The van der Waals surface area contributed by atoms with Crippen molar-refractivity contribution in [2.75, 3.05) is 35.2 Å². The van der Waals surface area contributed by atoms with Crippen molar-refractivity contribution >= 4 is 5.97 Å². The van der Waals surface area contributed by atoms with Crippen LogP contribution in [-0.4, -0.2) is 41.2 Å². The molecule has 0 spiro atoms. The summed E-state index contributed by atoms with van der Waals surface area (Å²) in [5, 5.41) is 0. The number of carbonyl (C=O) groups is 1. The Labute approximate surface area is 136 Å². The van der Waals surface area contributed by atoms with E-state index in [9.17, 15) is 4.79 Å². The third-order valence-corrected chi connectivity index (χ3v) is 2.94. The summed E-state index contributed by atoms with van der Waals surface area (Å²) in [6.45, 7) is 2.03. The fraction of sp³-hybridized carbons (Fsp3) is 0.471. The minimum absolute atomic E-state index is 0.00607. The first-order chi connectivity index (χ1) is 11.1. The molecule has 0 aliphatic heterocycles. The Morgan fingerprint density at radius 2 is 1.87 bits per heavy atom. The molecule has 0 unspecified atom stereocenters. The molecule has 126 valence electrons. The maximum absolute atomic E-state index is 12.1. The first kappa shape index (κ1) is 18.7. The van der Waals surface area contributed by atoms with E-state index < -0.39 is 5.97 Å². The number of methoxy groups -OCH3 is 4. The van der Waals surface area contributed by atoms with E-state index in [0.717, 1.165) is 6.42 Å². The fourth-order valence-electron chi connectivity index (χ4n) is 1.89. The standard InChI is InChI=1S/C17H22O6/c1-6-7-8-9-12-13(17(18)22-5)10-14(20-3)16(15(12)21-4)23-11-19-2/h10H,6-7,11H2,1-5H3. The van der Waals surface area contributed by atoms with Crippen LogP contribution in [-0.2, 0) is 9.47 Å². The molecule has 6 nitrogen and oxygen atoms in total. The number of hydrogen-bond donors (Lipinski definition) is 0. The molecule has 0 aromatic heterocycles. The van der Waals surface area contributed by atoms with Crippen molar-refractivity contribution in [2.24, 2.45) is 0 Å². The second-order valence-corrected chi connectivity index (χ2v) is 4.46. The highest BCUT2D eigenvalue weighted by Gasteiger charge is 2.24. The van der Waals surface area contributed by atoms with E-state index in [-0.39, 0.29) is 12.4 Å². The Kier molecular flexibility index (Phi) is 7.78. The van der Waals surface area contributed by atoms with E-state index in [0.29, 0.717) is 29.2 Å². The van der Waals surface area contributed by atoms with Crippen molar-refractivity contribution in [1.29, 1.82) is 0 Å². The fourth-order valence-corrected chi connectivity index (χ4v) is 1.89. The van der Waals surface area contributed by atoms with E-state index in [4.69, 9.17) is 23.7 Å². The number of ether oxygens (including phenoxy) is 5. The second kappa shape index (κ2) is 9.59. The molecule has 0 radical (unpaired) electrons. The van der Waals surface area contributed by atoms with Crippen LogP contribution in [0.15, 0.2) is 6.07 Å². The summed E-state index contributed by atoms with van der Waals surface area (Å²) >= 11 is 0. The lowest BCUT2D eigenvalue weighted by Crippen LogP contribution is -2.09. The summed E-state index contributed by atoms with van der Waals surface area (Å²) in [4.78, 5) is 12.1. The summed E-state index contributed by atoms with van der Waals surface area (Å²) in [6, 6.07) is 1.52. The van der Waals surface area contributed by atoms with Crippen molar-refractivity contribution in [3.63, 3.8) is 0 Å². The first-order valence-corrected chi connectivity index (χ1v) is 7.12. The second-order valence-electron chi connectivity index (χ2n) is 4.46. The molecule has 0 aliphatic rings. The zero-order valence-electron chi connectivity index (χ0n) is 14.1. The van der Waals surface area contributed by atoms with Gasteiger partial charge in [0.05, 0.1) is 32.5 Å². The number of hydrogen-bond acceptors (Lipinski definition) is 6. The van der Waals surface area contributed by atoms with Gasteiger partial charge in [-0.2, -0.15) is 0 Å². The molecule has 0 atom stereocenters. The lowest BCUT2D eigenvalue weighted by Gasteiger charge is -2.17. The topological polar surface area (TPSA) is 63.2 Å². The Hall–Kier alpha value is -2.39. The summed E-state index contributed by atoms with van der Waals surface area (Å²) in [6.07, 6.45) is 1.61. The van der Waals surface area contributed by atoms with Crippen LogP contribution in [0.4, 0.5) is 0 Å². The maximum atomic E-state index is 12.1. The van der Waals surface area contributed by atoms with Crippen molar-refractivity contribution in [3.8, 4) is 29.1 Å². The molecule has 6 heteroatoms. The predicted molar refractivity (Wildman–Crippen MR) is 85.2 cm³/mol. The van der Waals surface area contributed by atoms with Gasteiger partial charge in [0.2, 0.25) is 5.75 Å². The number of esters is 1. The van der Waals surface area contributed by atoms with E-state index in [1.807, 2.05) is 6.92 Å². The van der Waals surface area contributed by atoms with Gasteiger partial charge in [0.25, 0.3) is 0 Å². The lowest BCUT2D eigenvalue weighted by molar-refractivity contribution is 0.0469.